The van der Waals surface area contributed by atoms with Crippen LogP contribution in [0, 0.1) is 11.7 Å². The maximum absolute atomic E-state index is 13.7. The van der Waals surface area contributed by atoms with Gasteiger partial charge >= 0.3 is 0 Å². The number of Topliss-reactive ketones (excluding diaryl/α,β-unsaturated/α-hetero) is 1. The van der Waals surface area contributed by atoms with Crippen LogP contribution >= 0.6 is 0 Å². The van der Waals surface area contributed by atoms with Gasteiger partial charge in [0.15, 0.2) is 5.78 Å². The third kappa shape index (κ3) is 3.44. The number of likely N-dealkylation sites (N-methyl/N-ethyl adjacent to an activating group) is 1. The summed E-state index contributed by atoms with van der Waals surface area (Å²) in [6, 6.07) is 6.73. The highest BCUT2D eigenvalue weighted by molar-refractivity contribution is 5.98. The number of carbonyl (C=O) groups excluding carboxylic acids is 1. The molecule has 1 fully saturated rings. The standard InChI is InChI=1S/C16H23FN2O/c1-12(10-19-9-8-18(3)13(2)11-19)16(20)14-6-4-5-7-15(14)17/h4-7,12-13H,8-11H2,1-3H3. The van der Waals surface area contributed by atoms with Crippen LogP contribution in [0.4, 0.5) is 4.39 Å². The summed E-state index contributed by atoms with van der Waals surface area (Å²) in [5, 5.41) is 0. The van der Waals surface area contributed by atoms with Crippen molar-refractivity contribution in [1.82, 2.24) is 9.80 Å². The number of nitrogens with zero attached hydrogens (tertiary/aromatic N) is 2. The van der Waals surface area contributed by atoms with E-state index in [1.165, 1.54) is 6.07 Å². The first-order chi connectivity index (χ1) is 9.49. The summed E-state index contributed by atoms with van der Waals surface area (Å²) < 4.78 is 13.7. The molecule has 3 nitrogen and oxygen atoms in total. The van der Waals surface area contributed by atoms with Crippen molar-refractivity contribution in [2.24, 2.45) is 5.92 Å². The van der Waals surface area contributed by atoms with E-state index in [-0.39, 0.29) is 17.3 Å². The van der Waals surface area contributed by atoms with E-state index in [4.69, 9.17) is 0 Å². The minimum Gasteiger partial charge on any atom is -0.301 e. The maximum Gasteiger partial charge on any atom is 0.169 e. The van der Waals surface area contributed by atoms with Crippen LogP contribution in [-0.2, 0) is 0 Å². The molecule has 1 aliphatic rings. The van der Waals surface area contributed by atoms with Crippen molar-refractivity contribution in [2.75, 3.05) is 33.2 Å². The van der Waals surface area contributed by atoms with E-state index in [1.54, 1.807) is 18.2 Å². The number of hydrogen-bond acceptors (Lipinski definition) is 3. The van der Waals surface area contributed by atoms with Crippen molar-refractivity contribution in [2.45, 2.75) is 19.9 Å². The van der Waals surface area contributed by atoms with E-state index in [9.17, 15) is 9.18 Å². The molecule has 0 amide bonds. The molecule has 0 spiro atoms. The lowest BCUT2D eigenvalue weighted by molar-refractivity contribution is 0.0762. The Morgan fingerprint density at radius 3 is 2.75 bits per heavy atom. The molecule has 1 heterocycles. The van der Waals surface area contributed by atoms with Gasteiger partial charge in [-0.3, -0.25) is 9.69 Å². The highest BCUT2D eigenvalue weighted by Crippen LogP contribution is 2.15. The van der Waals surface area contributed by atoms with E-state index in [0.29, 0.717) is 12.6 Å². The molecule has 20 heavy (non-hydrogen) atoms. The number of halogens is 1. The van der Waals surface area contributed by atoms with Gasteiger partial charge in [-0.15, -0.1) is 0 Å². The maximum atomic E-state index is 13.7. The molecule has 0 bridgehead atoms. The predicted molar refractivity (Wildman–Crippen MR) is 78.4 cm³/mol. The lowest BCUT2D eigenvalue weighted by Crippen LogP contribution is -2.51. The molecule has 1 aromatic carbocycles. The minimum atomic E-state index is -0.420. The normalized spacial score (nSPS) is 22.7. The first kappa shape index (κ1) is 15.1. The van der Waals surface area contributed by atoms with E-state index in [0.717, 1.165) is 19.6 Å². The average molecular weight is 278 g/mol. The monoisotopic (exact) mass is 278 g/mol. The molecule has 4 heteroatoms. The third-order valence-electron chi connectivity index (χ3n) is 4.16. The van der Waals surface area contributed by atoms with E-state index >= 15 is 0 Å². The van der Waals surface area contributed by atoms with E-state index in [2.05, 4.69) is 23.8 Å². The summed E-state index contributed by atoms with van der Waals surface area (Å²) in [5.74, 6) is -0.701. The molecule has 0 saturated carbocycles. The predicted octanol–water partition coefficient (Wildman–Crippen LogP) is 2.28. The smallest absolute Gasteiger partial charge is 0.169 e. The van der Waals surface area contributed by atoms with Crippen LogP contribution in [0.25, 0.3) is 0 Å². The highest BCUT2D eigenvalue weighted by Gasteiger charge is 2.25. The first-order valence-electron chi connectivity index (χ1n) is 7.20. The Morgan fingerprint density at radius 2 is 2.10 bits per heavy atom. The van der Waals surface area contributed by atoms with Crippen LogP contribution < -0.4 is 0 Å². The summed E-state index contributed by atoms with van der Waals surface area (Å²) in [6.07, 6.45) is 0. The van der Waals surface area contributed by atoms with Gasteiger partial charge in [0.25, 0.3) is 0 Å². The molecule has 0 radical (unpaired) electrons. The minimum absolute atomic E-state index is 0.102. The second-order valence-electron chi connectivity index (χ2n) is 5.83. The molecule has 0 aromatic heterocycles. The molecule has 1 aliphatic heterocycles. The lowest BCUT2D eigenvalue weighted by Gasteiger charge is -2.38. The molecule has 110 valence electrons. The van der Waals surface area contributed by atoms with Gasteiger partial charge in [-0.05, 0) is 26.1 Å². The van der Waals surface area contributed by atoms with Gasteiger partial charge in [0.2, 0.25) is 0 Å². The van der Waals surface area contributed by atoms with Crippen molar-refractivity contribution in [3.63, 3.8) is 0 Å². The number of benzene rings is 1. The fourth-order valence-electron chi connectivity index (χ4n) is 2.69. The second-order valence-corrected chi connectivity index (χ2v) is 5.83. The molecular formula is C16H23FN2O. The fraction of sp³-hybridized carbons (Fsp3) is 0.562. The van der Waals surface area contributed by atoms with Gasteiger partial charge < -0.3 is 4.90 Å². The van der Waals surface area contributed by atoms with Crippen LogP contribution in [0.5, 0.6) is 0 Å². The van der Waals surface area contributed by atoms with Crippen molar-refractivity contribution in [1.29, 1.82) is 0 Å². The average Bonchev–Trinajstić information content (AvgIpc) is 2.42. The molecule has 0 N–H and O–H groups in total. The number of carbonyl (C=O) groups is 1. The van der Waals surface area contributed by atoms with Gasteiger partial charge in [0.1, 0.15) is 5.82 Å². The van der Waals surface area contributed by atoms with Crippen LogP contribution in [-0.4, -0.2) is 54.9 Å². The molecule has 1 saturated heterocycles. The topological polar surface area (TPSA) is 23.6 Å². The Bertz CT molecular complexity index is 477. The second kappa shape index (κ2) is 6.46. The fourth-order valence-corrected chi connectivity index (χ4v) is 2.69. The number of piperazine rings is 1. The summed E-state index contributed by atoms with van der Waals surface area (Å²) in [5.41, 5.74) is 0.210. The summed E-state index contributed by atoms with van der Waals surface area (Å²) in [4.78, 5) is 16.9. The van der Waals surface area contributed by atoms with Crippen LogP contribution in [0.3, 0.4) is 0 Å². The van der Waals surface area contributed by atoms with Crippen LogP contribution in [0.2, 0.25) is 0 Å². The third-order valence-corrected chi connectivity index (χ3v) is 4.16. The number of rotatable bonds is 4. The van der Waals surface area contributed by atoms with Gasteiger partial charge in [-0.1, -0.05) is 19.1 Å². The zero-order chi connectivity index (χ0) is 14.7. The SMILES string of the molecule is CC(CN1CCN(C)C(C)C1)C(=O)c1ccccc1F. The molecule has 2 atom stereocenters. The summed E-state index contributed by atoms with van der Waals surface area (Å²) in [6.45, 7) is 7.72. The van der Waals surface area contributed by atoms with Crippen molar-refractivity contribution < 1.29 is 9.18 Å². The first-order valence-corrected chi connectivity index (χ1v) is 7.20. The van der Waals surface area contributed by atoms with Crippen molar-refractivity contribution >= 4 is 5.78 Å². The molecule has 1 aromatic rings. The molecule has 0 aliphatic carbocycles. The zero-order valence-electron chi connectivity index (χ0n) is 12.5. The van der Waals surface area contributed by atoms with Crippen molar-refractivity contribution in [3.05, 3.63) is 35.6 Å². The zero-order valence-corrected chi connectivity index (χ0v) is 12.5. The van der Waals surface area contributed by atoms with Crippen LogP contribution in [0.1, 0.15) is 24.2 Å². The number of hydrogen-bond donors (Lipinski definition) is 0. The van der Waals surface area contributed by atoms with Gasteiger partial charge in [-0.25, -0.2) is 4.39 Å². The molecule has 2 unspecified atom stereocenters. The largest absolute Gasteiger partial charge is 0.301 e. The number of ketones is 1. The molecular weight excluding hydrogens is 255 g/mol. The lowest BCUT2D eigenvalue weighted by atomic mass is 9.98. The Labute approximate surface area is 120 Å². The molecule has 2 rings (SSSR count). The Hall–Kier alpha value is -1.26. The quantitative estimate of drug-likeness (QED) is 0.790. The van der Waals surface area contributed by atoms with E-state index < -0.39 is 5.82 Å². The summed E-state index contributed by atoms with van der Waals surface area (Å²) in [7, 11) is 2.12. The van der Waals surface area contributed by atoms with Gasteiger partial charge in [-0.2, -0.15) is 0 Å². The Morgan fingerprint density at radius 1 is 1.40 bits per heavy atom. The van der Waals surface area contributed by atoms with E-state index in [1.807, 2.05) is 6.92 Å². The van der Waals surface area contributed by atoms with Crippen molar-refractivity contribution in [3.8, 4) is 0 Å². The Kier molecular flexibility index (Phi) is 4.89. The Balaban J connectivity index is 1.97. The summed E-state index contributed by atoms with van der Waals surface area (Å²) >= 11 is 0. The van der Waals surface area contributed by atoms with Gasteiger partial charge in [0, 0.05) is 38.1 Å². The van der Waals surface area contributed by atoms with Gasteiger partial charge in [0.05, 0.1) is 5.56 Å². The van der Waals surface area contributed by atoms with Crippen LogP contribution in [0.15, 0.2) is 24.3 Å². The highest BCUT2D eigenvalue weighted by atomic mass is 19.1.